The highest BCUT2D eigenvalue weighted by atomic mass is 32.1. The lowest BCUT2D eigenvalue weighted by Crippen LogP contribution is -2.37. The van der Waals surface area contributed by atoms with Gasteiger partial charge >= 0.3 is 0 Å². The number of amides is 1. The van der Waals surface area contributed by atoms with Crippen LogP contribution in [0.1, 0.15) is 46.9 Å². The Morgan fingerprint density at radius 3 is 2.69 bits per heavy atom. The van der Waals surface area contributed by atoms with Crippen LogP contribution in [0.4, 0.5) is 4.39 Å². The quantitative estimate of drug-likeness (QED) is 0.483. The Morgan fingerprint density at radius 2 is 2.00 bits per heavy atom. The van der Waals surface area contributed by atoms with Crippen molar-refractivity contribution in [3.05, 3.63) is 81.6 Å². The Kier molecular flexibility index (Phi) is 6.99. The van der Waals surface area contributed by atoms with E-state index >= 15 is 0 Å². The van der Waals surface area contributed by atoms with E-state index < -0.39 is 0 Å². The van der Waals surface area contributed by atoms with Gasteiger partial charge < -0.3 is 9.64 Å². The topological polar surface area (TPSA) is 42.4 Å². The van der Waals surface area contributed by atoms with Crippen molar-refractivity contribution in [3.8, 4) is 5.75 Å². The summed E-state index contributed by atoms with van der Waals surface area (Å²) in [7, 11) is 0. The van der Waals surface area contributed by atoms with E-state index in [4.69, 9.17) is 4.74 Å². The number of hydrogen-bond acceptors (Lipinski definition) is 4. The largest absolute Gasteiger partial charge is 0.486 e. The molecule has 1 aromatic heterocycles. The number of aromatic nitrogens is 1. The van der Waals surface area contributed by atoms with Crippen molar-refractivity contribution in [1.29, 1.82) is 0 Å². The SMILES string of the molecule is CCC(C)N(Cc1csc(COc2cccc(C)c2)n1)C(=O)c1ccc(F)cc1. The van der Waals surface area contributed by atoms with Crippen molar-refractivity contribution >= 4 is 17.2 Å². The Morgan fingerprint density at radius 1 is 1.24 bits per heavy atom. The Balaban J connectivity index is 1.68. The molecule has 3 rings (SSSR count). The lowest BCUT2D eigenvalue weighted by molar-refractivity contribution is 0.0669. The minimum Gasteiger partial charge on any atom is -0.486 e. The molecule has 1 unspecified atom stereocenters. The third-order valence-corrected chi connectivity index (χ3v) is 5.63. The van der Waals surface area contributed by atoms with Crippen LogP contribution >= 0.6 is 11.3 Å². The predicted molar refractivity (Wildman–Crippen MR) is 114 cm³/mol. The van der Waals surface area contributed by atoms with E-state index in [0.29, 0.717) is 18.7 Å². The van der Waals surface area contributed by atoms with Crippen molar-refractivity contribution in [1.82, 2.24) is 9.88 Å². The molecule has 4 nitrogen and oxygen atoms in total. The van der Waals surface area contributed by atoms with E-state index in [2.05, 4.69) is 4.98 Å². The molecule has 2 aromatic carbocycles. The van der Waals surface area contributed by atoms with Crippen molar-refractivity contribution in [2.24, 2.45) is 0 Å². The van der Waals surface area contributed by atoms with Gasteiger partial charge in [-0.25, -0.2) is 9.37 Å². The van der Waals surface area contributed by atoms with E-state index in [1.54, 1.807) is 4.90 Å². The summed E-state index contributed by atoms with van der Waals surface area (Å²) in [5.74, 6) is 0.341. The van der Waals surface area contributed by atoms with Crippen molar-refractivity contribution in [2.75, 3.05) is 0 Å². The van der Waals surface area contributed by atoms with Crippen LogP contribution in [0.5, 0.6) is 5.75 Å². The second-order valence-corrected chi connectivity index (χ2v) is 7.98. The van der Waals surface area contributed by atoms with Crippen LogP contribution in [0.3, 0.4) is 0 Å². The zero-order chi connectivity index (χ0) is 20.8. The summed E-state index contributed by atoms with van der Waals surface area (Å²) >= 11 is 1.52. The Labute approximate surface area is 175 Å². The van der Waals surface area contributed by atoms with Gasteiger partial charge in [0.1, 0.15) is 23.2 Å². The summed E-state index contributed by atoms with van der Waals surface area (Å²) in [4.78, 5) is 19.4. The van der Waals surface area contributed by atoms with Crippen LogP contribution in [0.15, 0.2) is 53.9 Å². The highest BCUT2D eigenvalue weighted by Crippen LogP contribution is 2.20. The van der Waals surface area contributed by atoms with E-state index in [9.17, 15) is 9.18 Å². The second-order valence-electron chi connectivity index (χ2n) is 7.03. The molecule has 1 heterocycles. The maximum atomic E-state index is 13.2. The van der Waals surface area contributed by atoms with Crippen LogP contribution < -0.4 is 4.74 Å². The average molecular weight is 413 g/mol. The number of halogens is 1. The highest BCUT2D eigenvalue weighted by molar-refractivity contribution is 7.09. The number of nitrogens with zero attached hydrogens (tertiary/aromatic N) is 2. The molecule has 0 aliphatic rings. The van der Waals surface area contributed by atoms with Gasteiger partial charge in [0.25, 0.3) is 5.91 Å². The molecule has 0 spiro atoms. The maximum Gasteiger partial charge on any atom is 0.254 e. The molecule has 29 heavy (non-hydrogen) atoms. The summed E-state index contributed by atoms with van der Waals surface area (Å²) in [5, 5.41) is 2.82. The number of thiazole rings is 1. The first kappa shape index (κ1) is 21.0. The van der Waals surface area contributed by atoms with Gasteiger partial charge in [-0.1, -0.05) is 19.1 Å². The molecule has 0 bridgehead atoms. The monoisotopic (exact) mass is 412 g/mol. The minimum absolute atomic E-state index is 0.0428. The van der Waals surface area contributed by atoms with Crippen LogP contribution in [0.25, 0.3) is 0 Å². The van der Waals surface area contributed by atoms with Gasteiger partial charge in [0.15, 0.2) is 0 Å². The zero-order valence-corrected chi connectivity index (χ0v) is 17.7. The first-order valence-electron chi connectivity index (χ1n) is 9.65. The molecular formula is C23H25FN2O2S. The molecule has 3 aromatic rings. The van der Waals surface area contributed by atoms with Crippen LogP contribution in [-0.4, -0.2) is 21.8 Å². The first-order chi connectivity index (χ1) is 14.0. The highest BCUT2D eigenvalue weighted by Gasteiger charge is 2.22. The number of rotatable bonds is 8. The van der Waals surface area contributed by atoms with Crippen LogP contribution in [-0.2, 0) is 13.2 Å². The van der Waals surface area contributed by atoms with Gasteiger partial charge in [-0.2, -0.15) is 0 Å². The molecule has 0 saturated carbocycles. The third kappa shape index (κ3) is 5.64. The molecule has 0 N–H and O–H groups in total. The van der Waals surface area contributed by atoms with Gasteiger partial charge in [-0.05, 0) is 62.2 Å². The zero-order valence-electron chi connectivity index (χ0n) is 16.9. The predicted octanol–water partition coefficient (Wildman–Crippen LogP) is 5.61. The summed E-state index contributed by atoms with van der Waals surface area (Å²) < 4.78 is 19.0. The normalized spacial score (nSPS) is 11.9. The number of hydrogen-bond donors (Lipinski definition) is 0. The van der Waals surface area contributed by atoms with Crippen molar-refractivity contribution in [2.45, 2.75) is 46.4 Å². The van der Waals surface area contributed by atoms with E-state index in [0.717, 1.165) is 28.4 Å². The number of ether oxygens (including phenoxy) is 1. The van der Waals surface area contributed by atoms with Crippen LogP contribution in [0, 0.1) is 12.7 Å². The molecule has 6 heteroatoms. The number of benzene rings is 2. The number of aryl methyl sites for hydroxylation is 1. The minimum atomic E-state index is -0.352. The molecule has 0 aliphatic carbocycles. The molecule has 1 atom stereocenters. The second kappa shape index (κ2) is 9.65. The summed E-state index contributed by atoms with van der Waals surface area (Å²) in [6.07, 6.45) is 0.820. The van der Waals surface area contributed by atoms with E-state index in [1.165, 1.54) is 35.6 Å². The van der Waals surface area contributed by atoms with Crippen molar-refractivity contribution in [3.63, 3.8) is 0 Å². The van der Waals surface area contributed by atoms with Gasteiger partial charge in [0, 0.05) is 17.0 Å². The molecule has 0 saturated heterocycles. The fourth-order valence-corrected chi connectivity index (χ4v) is 3.62. The molecular weight excluding hydrogens is 387 g/mol. The van der Waals surface area contributed by atoms with E-state index in [1.807, 2.05) is 50.4 Å². The number of carbonyl (C=O) groups excluding carboxylic acids is 1. The summed E-state index contributed by atoms with van der Waals surface area (Å²) in [6, 6.07) is 13.6. The summed E-state index contributed by atoms with van der Waals surface area (Å²) in [5.41, 5.74) is 2.45. The van der Waals surface area contributed by atoms with Gasteiger partial charge in [0.05, 0.1) is 12.2 Å². The first-order valence-corrected chi connectivity index (χ1v) is 10.5. The van der Waals surface area contributed by atoms with Gasteiger partial charge in [0.2, 0.25) is 0 Å². The molecule has 0 fully saturated rings. The molecule has 0 aliphatic heterocycles. The molecule has 1 amide bonds. The van der Waals surface area contributed by atoms with Crippen LogP contribution in [0.2, 0.25) is 0 Å². The smallest absolute Gasteiger partial charge is 0.254 e. The standard InChI is InChI=1S/C23H25FN2O2S/c1-4-17(3)26(23(27)18-8-10-19(24)11-9-18)13-20-15-29-22(25-20)14-28-21-7-5-6-16(2)12-21/h5-12,15,17H,4,13-14H2,1-3H3. The lowest BCUT2D eigenvalue weighted by atomic mass is 10.1. The van der Waals surface area contributed by atoms with Crippen molar-refractivity contribution < 1.29 is 13.9 Å². The van der Waals surface area contributed by atoms with Gasteiger partial charge in [-0.15, -0.1) is 11.3 Å². The average Bonchev–Trinajstić information content (AvgIpc) is 3.17. The fourth-order valence-electron chi connectivity index (χ4n) is 2.92. The van der Waals surface area contributed by atoms with E-state index in [-0.39, 0.29) is 17.8 Å². The third-order valence-electron chi connectivity index (χ3n) is 4.76. The molecule has 152 valence electrons. The fraction of sp³-hybridized carbons (Fsp3) is 0.304. The Bertz CT molecular complexity index is 956. The summed E-state index contributed by atoms with van der Waals surface area (Å²) in [6.45, 7) is 6.87. The lowest BCUT2D eigenvalue weighted by Gasteiger charge is -2.28. The van der Waals surface area contributed by atoms with Gasteiger partial charge in [-0.3, -0.25) is 4.79 Å². The Hall–Kier alpha value is -2.73. The molecule has 0 radical (unpaired) electrons. The number of carbonyl (C=O) groups is 1. The maximum absolute atomic E-state index is 13.2.